The topological polar surface area (TPSA) is 46.9 Å². The highest BCUT2D eigenvalue weighted by Gasteiger charge is 2.21. The molecule has 72 valence electrons. The van der Waals surface area contributed by atoms with Crippen molar-refractivity contribution < 1.29 is 10.2 Å². The van der Waals surface area contributed by atoms with Gasteiger partial charge < -0.3 is 10.2 Å². The molecule has 0 atom stereocenters. The fraction of sp³-hybridized carbons (Fsp3) is 1.00. The first-order valence-electron chi connectivity index (χ1n) is 4.53. The van der Waals surface area contributed by atoms with E-state index in [9.17, 15) is 0 Å². The molecule has 2 bridgehead atoms. The van der Waals surface area contributed by atoms with Crippen LogP contribution in [0.2, 0.25) is 0 Å². The number of hydrogen-bond donors (Lipinski definition) is 2. The smallest absolute Gasteiger partial charge is 0.0662 e. The summed E-state index contributed by atoms with van der Waals surface area (Å²) < 4.78 is 0. The van der Waals surface area contributed by atoms with Crippen LogP contribution in [0, 0.1) is 0 Å². The SMILES string of the molecule is C1CN2CCN1CC2.OCCO. The molecule has 4 nitrogen and oxygen atoms in total. The summed E-state index contributed by atoms with van der Waals surface area (Å²) in [4.78, 5) is 5.08. The zero-order valence-electron chi connectivity index (χ0n) is 7.45. The maximum absolute atomic E-state index is 7.62. The Morgan fingerprint density at radius 3 is 1.00 bits per heavy atom. The van der Waals surface area contributed by atoms with E-state index >= 15 is 0 Å². The van der Waals surface area contributed by atoms with Gasteiger partial charge in [-0.05, 0) is 0 Å². The van der Waals surface area contributed by atoms with Gasteiger partial charge in [-0.25, -0.2) is 0 Å². The van der Waals surface area contributed by atoms with E-state index in [0.29, 0.717) is 0 Å². The maximum atomic E-state index is 7.62. The normalized spacial score (nSPS) is 32.5. The van der Waals surface area contributed by atoms with Gasteiger partial charge in [0.05, 0.1) is 13.2 Å². The van der Waals surface area contributed by atoms with Crippen LogP contribution in [-0.4, -0.2) is 72.5 Å². The van der Waals surface area contributed by atoms with Crippen LogP contribution in [0.4, 0.5) is 0 Å². The molecule has 0 spiro atoms. The second-order valence-corrected chi connectivity index (χ2v) is 3.13. The van der Waals surface area contributed by atoms with Gasteiger partial charge in [0.15, 0.2) is 0 Å². The van der Waals surface area contributed by atoms with Crippen molar-refractivity contribution in [3.8, 4) is 0 Å². The second-order valence-electron chi connectivity index (χ2n) is 3.13. The fourth-order valence-corrected chi connectivity index (χ4v) is 1.52. The predicted molar refractivity (Wildman–Crippen MR) is 47.1 cm³/mol. The lowest BCUT2D eigenvalue weighted by Gasteiger charge is -2.41. The Morgan fingerprint density at radius 2 is 0.917 bits per heavy atom. The van der Waals surface area contributed by atoms with E-state index in [1.165, 1.54) is 39.3 Å². The van der Waals surface area contributed by atoms with Gasteiger partial charge in [-0.15, -0.1) is 0 Å². The van der Waals surface area contributed by atoms with Crippen molar-refractivity contribution in [3.63, 3.8) is 0 Å². The summed E-state index contributed by atoms with van der Waals surface area (Å²) in [5.41, 5.74) is 0. The molecule has 0 radical (unpaired) electrons. The molecule has 3 saturated heterocycles. The maximum Gasteiger partial charge on any atom is 0.0662 e. The molecule has 0 unspecified atom stereocenters. The molecule has 3 aliphatic heterocycles. The molecule has 0 aromatic carbocycles. The number of fused-ring (bicyclic) bond motifs is 3. The van der Waals surface area contributed by atoms with Gasteiger partial charge in [0.2, 0.25) is 0 Å². The standard InChI is InChI=1S/C6H12N2.C2H6O2/c1-2-8-5-3-7(1)4-6-8;3-1-2-4/h1-6H2;3-4H,1-2H2. The first-order valence-corrected chi connectivity index (χ1v) is 4.53. The molecule has 2 N–H and O–H groups in total. The minimum Gasteiger partial charge on any atom is -0.394 e. The lowest BCUT2D eigenvalue weighted by Crippen LogP contribution is -2.55. The largest absolute Gasteiger partial charge is 0.394 e. The van der Waals surface area contributed by atoms with Crippen molar-refractivity contribution >= 4 is 0 Å². The third-order valence-electron chi connectivity index (χ3n) is 2.30. The van der Waals surface area contributed by atoms with Gasteiger partial charge in [0, 0.05) is 39.3 Å². The Labute approximate surface area is 73.4 Å². The summed E-state index contributed by atoms with van der Waals surface area (Å²) in [5.74, 6) is 0. The van der Waals surface area contributed by atoms with Crippen LogP contribution < -0.4 is 0 Å². The van der Waals surface area contributed by atoms with Crippen molar-refractivity contribution in [1.82, 2.24) is 9.80 Å². The predicted octanol–water partition coefficient (Wildman–Crippen LogP) is -1.41. The van der Waals surface area contributed by atoms with Crippen LogP contribution in [0.1, 0.15) is 0 Å². The van der Waals surface area contributed by atoms with Gasteiger partial charge in [-0.1, -0.05) is 0 Å². The summed E-state index contributed by atoms with van der Waals surface area (Å²) in [6, 6.07) is 0. The molecular formula is C8H18N2O2. The van der Waals surface area contributed by atoms with E-state index in [-0.39, 0.29) is 13.2 Å². The van der Waals surface area contributed by atoms with Crippen molar-refractivity contribution in [2.24, 2.45) is 0 Å². The van der Waals surface area contributed by atoms with Crippen molar-refractivity contribution in [3.05, 3.63) is 0 Å². The van der Waals surface area contributed by atoms with Crippen LogP contribution in [0.15, 0.2) is 0 Å². The van der Waals surface area contributed by atoms with Crippen LogP contribution in [0.5, 0.6) is 0 Å². The first-order chi connectivity index (χ1) is 5.86. The molecule has 12 heavy (non-hydrogen) atoms. The van der Waals surface area contributed by atoms with Crippen LogP contribution in [0.25, 0.3) is 0 Å². The first kappa shape index (κ1) is 9.92. The minimum atomic E-state index is -0.125. The zero-order chi connectivity index (χ0) is 8.81. The molecule has 0 aromatic heterocycles. The van der Waals surface area contributed by atoms with Gasteiger partial charge in [-0.2, -0.15) is 0 Å². The molecule has 0 saturated carbocycles. The number of hydrogen-bond acceptors (Lipinski definition) is 4. The van der Waals surface area contributed by atoms with E-state index in [1.807, 2.05) is 0 Å². The number of rotatable bonds is 1. The molecule has 3 heterocycles. The molecule has 0 aromatic rings. The Bertz CT molecular complexity index is 88.6. The van der Waals surface area contributed by atoms with E-state index in [1.54, 1.807) is 0 Å². The van der Waals surface area contributed by atoms with E-state index in [4.69, 9.17) is 10.2 Å². The Kier molecular flexibility index (Phi) is 4.53. The summed E-state index contributed by atoms with van der Waals surface area (Å²) >= 11 is 0. The van der Waals surface area contributed by atoms with Crippen molar-refractivity contribution in [2.75, 3.05) is 52.5 Å². The summed E-state index contributed by atoms with van der Waals surface area (Å²) in [6.45, 7) is 7.67. The zero-order valence-corrected chi connectivity index (χ0v) is 7.45. The van der Waals surface area contributed by atoms with Crippen LogP contribution in [0.3, 0.4) is 0 Å². The summed E-state index contributed by atoms with van der Waals surface area (Å²) in [7, 11) is 0. The molecule has 0 aliphatic carbocycles. The average Bonchev–Trinajstić information content (AvgIpc) is 2.21. The quantitative estimate of drug-likeness (QED) is 0.513. The highest BCUT2D eigenvalue weighted by Crippen LogP contribution is 2.06. The minimum absolute atomic E-state index is 0.125. The molecule has 3 fully saturated rings. The summed E-state index contributed by atoms with van der Waals surface area (Å²) in [6.07, 6.45) is 0. The van der Waals surface area contributed by atoms with Crippen LogP contribution in [-0.2, 0) is 0 Å². The monoisotopic (exact) mass is 174 g/mol. The lowest BCUT2D eigenvalue weighted by atomic mass is 10.2. The van der Waals surface area contributed by atoms with Gasteiger partial charge in [0.1, 0.15) is 0 Å². The molecule has 4 heteroatoms. The second kappa shape index (κ2) is 5.48. The summed E-state index contributed by atoms with van der Waals surface area (Å²) in [5, 5.41) is 15.2. The van der Waals surface area contributed by atoms with Crippen LogP contribution >= 0.6 is 0 Å². The number of piperazine rings is 3. The van der Waals surface area contributed by atoms with E-state index < -0.39 is 0 Å². The molecule has 3 rings (SSSR count). The molecule has 0 amide bonds. The molecular weight excluding hydrogens is 156 g/mol. The van der Waals surface area contributed by atoms with Crippen molar-refractivity contribution in [1.29, 1.82) is 0 Å². The van der Waals surface area contributed by atoms with Crippen molar-refractivity contribution in [2.45, 2.75) is 0 Å². The highest BCUT2D eigenvalue weighted by atomic mass is 16.3. The lowest BCUT2D eigenvalue weighted by molar-refractivity contribution is 0.0647. The van der Waals surface area contributed by atoms with Gasteiger partial charge in [0.25, 0.3) is 0 Å². The fourth-order valence-electron chi connectivity index (χ4n) is 1.52. The average molecular weight is 174 g/mol. The number of aliphatic hydroxyl groups excluding tert-OH is 2. The van der Waals surface area contributed by atoms with E-state index in [0.717, 1.165) is 0 Å². The Morgan fingerprint density at radius 1 is 0.667 bits per heavy atom. The van der Waals surface area contributed by atoms with Gasteiger partial charge in [-0.3, -0.25) is 9.80 Å². The third kappa shape index (κ3) is 3.06. The number of aliphatic hydroxyl groups is 2. The Hall–Kier alpha value is -0.160. The molecule has 3 aliphatic rings. The number of nitrogens with zero attached hydrogens (tertiary/aromatic N) is 2. The van der Waals surface area contributed by atoms with Gasteiger partial charge >= 0.3 is 0 Å². The van der Waals surface area contributed by atoms with E-state index in [2.05, 4.69) is 9.80 Å². The Balaban J connectivity index is 0.000000157. The third-order valence-corrected chi connectivity index (χ3v) is 2.30. The highest BCUT2D eigenvalue weighted by molar-refractivity contribution is 4.78.